The Bertz CT molecular complexity index is 943. The Morgan fingerprint density at radius 1 is 0.708 bits per heavy atom. The van der Waals surface area contributed by atoms with Crippen molar-refractivity contribution in [1.29, 1.82) is 0 Å². The number of nitrogens with one attached hydrogen (secondary N) is 1. The number of thiocarbonyl (C=S) groups is 1. The zero-order valence-electron chi connectivity index (χ0n) is 12.8. The second kappa shape index (κ2) is 6.23. The fourth-order valence-corrected chi connectivity index (χ4v) is 3.49. The van der Waals surface area contributed by atoms with Crippen molar-refractivity contribution < 1.29 is 0 Å². The van der Waals surface area contributed by atoms with Crippen LogP contribution >= 0.6 is 23.8 Å². The zero-order valence-corrected chi connectivity index (χ0v) is 14.4. The topological polar surface area (TPSA) is 12.0 Å². The Balaban J connectivity index is 1.87. The summed E-state index contributed by atoms with van der Waals surface area (Å²) in [4.78, 5) is 0.883. The van der Waals surface area contributed by atoms with Crippen molar-refractivity contribution in [3.8, 4) is 0 Å². The SMILES string of the molecule is S=C1C(c2ccccc2)=C(Nc2ccc(Cl)cc2)c2ccccc21. The van der Waals surface area contributed by atoms with E-state index in [9.17, 15) is 0 Å². The summed E-state index contributed by atoms with van der Waals surface area (Å²) in [7, 11) is 0. The number of anilines is 1. The second-order valence-electron chi connectivity index (χ2n) is 5.62. The number of benzene rings is 3. The molecule has 0 spiro atoms. The van der Waals surface area contributed by atoms with Gasteiger partial charge in [-0.2, -0.15) is 0 Å². The molecule has 116 valence electrons. The summed E-state index contributed by atoms with van der Waals surface area (Å²) in [6, 6.07) is 26.2. The van der Waals surface area contributed by atoms with Gasteiger partial charge in [-0.25, -0.2) is 0 Å². The summed E-state index contributed by atoms with van der Waals surface area (Å²) in [5.74, 6) is 0. The van der Waals surface area contributed by atoms with Gasteiger partial charge >= 0.3 is 0 Å². The minimum atomic E-state index is 0.722. The van der Waals surface area contributed by atoms with Gasteiger partial charge in [-0.05, 0) is 29.8 Å². The highest BCUT2D eigenvalue weighted by molar-refractivity contribution is 7.82. The van der Waals surface area contributed by atoms with Gasteiger partial charge in [0.15, 0.2) is 0 Å². The molecule has 0 unspecified atom stereocenters. The molecule has 24 heavy (non-hydrogen) atoms. The summed E-state index contributed by atoms with van der Waals surface area (Å²) >= 11 is 11.8. The van der Waals surface area contributed by atoms with Crippen LogP contribution in [0.25, 0.3) is 11.3 Å². The Labute approximate surface area is 151 Å². The standard InChI is InChI=1S/C21H14ClNS/c22-15-10-12-16(13-11-15)23-20-17-8-4-5-9-18(17)21(24)19(20)14-6-2-1-3-7-14/h1-13,23H. The fraction of sp³-hybridized carbons (Fsp3) is 0. The van der Waals surface area contributed by atoms with Gasteiger partial charge in [-0.3, -0.25) is 0 Å². The van der Waals surface area contributed by atoms with Crippen LogP contribution in [0.4, 0.5) is 5.69 Å². The van der Waals surface area contributed by atoms with Gasteiger partial charge in [0, 0.05) is 27.4 Å². The minimum absolute atomic E-state index is 0.722. The summed E-state index contributed by atoms with van der Waals surface area (Å²) in [6.45, 7) is 0. The highest BCUT2D eigenvalue weighted by Gasteiger charge is 2.27. The molecule has 0 heterocycles. The smallest absolute Gasteiger partial charge is 0.0558 e. The van der Waals surface area contributed by atoms with Crippen molar-refractivity contribution in [1.82, 2.24) is 0 Å². The van der Waals surface area contributed by atoms with Gasteiger partial charge in [-0.15, -0.1) is 0 Å². The number of fused-ring (bicyclic) bond motifs is 1. The summed E-state index contributed by atoms with van der Waals surface area (Å²) in [6.07, 6.45) is 0. The van der Waals surface area contributed by atoms with Crippen molar-refractivity contribution in [3.63, 3.8) is 0 Å². The summed E-state index contributed by atoms with van der Waals surface area (Å²) in [5, 5.41) is 4.26. The molecule has 0 bridgehead atoms. The molecule has 3 aromatic carbocycles. The molecule has 0 saturated carbocycles. The lowest BCUT2D eigenvalue weighted by molar-refractivity contribution is 1.54. The van der Waals surface area contributed by atoms with Gasteiger partial charge in [0.1, 0.15) is 0 Å². The highest BCUT2D eigenvalue weighted by Crippen LogP contribution is 2.39. The monoisotopic (exact) mass is 347 g/mol. The van der Waals surface area contributed by atoms with Crippen LogP contribution in [0, 0.1) is 0 Å². The third kappa shape index (κ3) is 2.64. The maximum Gasteiger partial charge on any atom is 0.0558 e. The van der Waals surface area contributed by atoms with Crippen molar-refractivity contribution in [2.75, 3.05) is 5.32 Å². The molecular formula is C21H14ClNS. The first-order valence-electron chi connectivity index (χ1n) is 7.70. The van der Waals surface area contributed by atoms with Crippen LogP contribution in [-0.2, 0) is 0 Å². The Morgan fingerprint density at radius 2 is 1.33 bits per heavy atom. The van der Waals surface area contributed by atoms with Crippen LogP contribution in [0.1, 0.15) is 16.7 Å². The predicted molar refractivity (Wildman–Crippen MR) is 106 cm³/mol. The third-order valence-corrected chi connectivity index (χ3v) is 4.77. The van der Waals surface area contributed by atoms with Gasteiger partial charge < -0.3 is 5.32 Å². The van der Waals surface area contributed by atoms with E-state index >= 15 is 0 Å². The van der Waals surface area contributed by atoms with E-state index in [-0.39, 0.29) is 0 Å². The normalized spacial score (nSPS) is 13.1. The van der Waals surface area contributed by atoms with E-state index in [0.717, 1.165) is 43.5 Å². The summed E-state index contributed by atoms with van der Waals surface area (Å²) in [5.41, 5.74) is 6.46. The number of hydrogen-bond acceptors (Lipinski definition) is 2. The van der Waals surface area contributed by atoms with E-state index in [1.165, 1.54) is 0 Å². The van der Waals surface area contributed by atoms with Crippen LogP contribution < -0.4 is 5.32 Å². The Morgan fingerprint density at radius 3 is 2.04 bits per heavy atom. The largest absolute Gasteiger partial charge is 0.354 e. The Kier molecular flexibility index (Phi) is 3.93. The maximum atomic E-state index is 6.00. The first-order chi connectivity index (χ1) is 11.7. The lowest BCUT2D eigenvalue weighted by atomic mass is 10.0. The molecule has 1 aliphatic rings. The third-order valence-electron chi connectivity index (χ3n) is 4.09. The second-order valence-corrected chi connectivity index (χ2v) is 6.47. The molecule has 3 aromatic rings. The average Bonchev–Trinajstić information content (AvgIpc) is 2.90. The van der Waals surface area contributed by atoms with Crippen LogP contribution in [0.2, 0.25) is 5.02 Å². The van der Waals surface area contributed by atoms with Crippen LogP contribution in [0.3, 0.4) is 0 Å². The molecule has 0 atom stereocenters. The molecule has 1 nitrogen and oxygen atoms in total. The number of hydrogen-bond donors (Lipinski definition) is 1. The van der Waals surface area contributed by atoms with E-state index in [1.54, 1.807) is 0 Å². The first-order valence-corrected chi connectivity index (χ1v) is 8.49. The van der Waals surface area contributed by atoms with Gasteiger partial charge in [0.2, 0.25) is 0 Å². The molecule has 0 amide bonds. The molecule has 4 rings (SSSR count). The van der Waals surface area contributed by atoms with Gasteiger partial charge in [0.05, 0.1) is 10.6 Å². The lowest BCUT2D eigenvalue weighted by Crippen LogP contribution is -2.00. The van der Waals surface area contributed by atoms with Crippen molar-refractivity contribution >= 4 is 45.6 Å². The average molecular weight is 348 g/mol. The van der Waals surface area contributed by atoms with Gasteiger partial charge in [0.25, 0.3) is 0 Å². The summed E-state index contributed by atoms with van der Waals surface area (Å²) < 4.78 is 0. The van der Waals surface area contributed by atoms with E-state index in [2.05, 4.69) is 29.6 Å². The predicted octanol–water partition coefficient (Wildman–Crippen LogP) is 6.05. The molecule has 1 N–H and O–H groups in total. The quantitative estimate of drug-likeness (QED) is 0.578. The molecule has 0 aromatic heterocycles. The van der Waals surface area contributed by atoms with Crippen molar-refractivity contribution in [2.45, 2.75) is 0 Å². The van der Waals surface area contributed by atoms with Crippen LogP contribution in [-0.4, -0.2) is 4.86 Å². The molecule has 0 fully saturated rings. The van der Waals surface area contributed by atoms with E-state index in [4.69, 9.17) is 23.8 Å². The Hall–Kier alpha value is -2.42. The minimum Gasteiger partial charge on any atom is -0.354 e. The van der Waals surface area contributed by atoms with Crippen LogP contribution in [0.5, 0.6) is 0 Å². The molecule has 0 radical (unpaired) electrons. The fourth-order valence-electron chi connectivity index (χ4n) is 2.97. The zero-order chi connectivity index (χ0) is 16.5. The number of halogens is 1. The van der Waals surface area contributed by atoms with Crippen LogP contribution in [0.15, 0.2) is 78.9 Å². The highest BCUT2D eigenvalue weighted by atomic mass is 35.5. The van der Waals surface area contributed by atoms with Crippen molar-refractivity contribution in [2.24, 2.45) is 0 Å². The van der Waals surface area contributed by atoms with E-state index in [1.807, 2.05) is 54.6 Å². The van der Waals surface area contributed by atoms with Crippen molar-refractivity contribution in [3.05, 3.63) is 101 Å². The maximum absolute atomic E-state index is 6.00. The van der Waals surface area contributed by atoms with E-state index < -0.39 is 0 Å². The molecule has 0 aliphatic heterocycles. The molecule has 0 saturated heterocycles. The lowest BCUT2D eigenvalue weighted by Gasteiger charge is -2.12. The van der Waals surface area contributed by atoms with Gasteiger partial charge in [-0.1, -0.05) is 78.4 Å². The molecular weight excluding hydrogens is 334 g/mol. The molecule has 1 aliphatic carbocycles. The number of allylic oxidation sites excluding steroid dienone is 1. The first kappa shape index (κ1) is 15.1. The molecule has 3 heteroatoms. The van der Waals surface area contributed by atoms with E-state index in [0.29, 0.717) is 0 Å². The number of rotatable bonds is 3.